The van der Waals surface area contributed by atoms with Crippen LogP contribution in [0.3, 0.4) is 0 Å². The van der Waals surface area contributed by atoms with E-state index in [1.165, 1.54) is 44.9 Å². The molecule has 0 amide bonds. The maximum atomic E-state index is 11.9. The van der Waals surface area contributed by atoms with Crippen molar-refractivity contribution in [2.45, 2.75) is 89.6 Å². The van der Waals surface area contributed by atoms with E-state index in [1.807, 2.05) is 0 Å². The minimum absolute atomic E-state index is 0.168. The van der Waals surface area contributed by atoms with Crippen molar-refractivity contribution >= 4 is 15.5 Å². The van der Waals surface area contributed by atoms with Crippen LogP contribution in [0.15, 0.2) is 12.2 Å². The topological polar surface area (TPSA) is 26.3 Å². The van der Waals surface area contributed by atoms with Crippen LogP contribution in [0.2, 0.25) is 6.04 Å². The molecule has 0 spiro atoms. The van der Waals surface area contributed by atoms with Gasteiger partial charge in [-0.3, -0.25) is 0 Å². The van der Waals surface area contributed by atoms with E-state index in [-0.39, 0.29) is 15.5 Å². The number of halogens is 2. The lowest BCUT2D eigenvalue weighted by Gasteiger charge is -2.04. The second-order valence-corrected chi connectivity index (χ2v) is 7.40. The Labute approximate surface area is 142 Å². The highest BCUT2D eigenvalue weighted by atomic mass is 28.2. The summed E-state index contributed by atoms with van der Waals surface area (Å²) in [6.45, 7) is 5.70. The summed E-state index contributed by atoms with van der Waals surface area (Å²) in [4.78, 5) is 11.1. The van der Waals surface area contributed by atoms with Crippen molar-refractivity contribution in [3.8, 4) is 0 Å². The fourth-order valence-electron chi connectivity index (χ4n) is 2.32. The Kier molecular flexibility index (Phi) is 15.7. The number of carbonyl (C=O) groups is 1. The summed E-state index contributed by atoms with van der Waals surface area (Å²) < 4.78 is 28.9. The molecule has 0 bridgehead atoms. The molecule has 0 aliphatic carbocycles. The average molecular weight is 347 g/mol. The molecule has 0 N–H and O–H groups in total. The lowest BCUT2D eigenvalue weighted by atomic mass is 10.1. The van der Waals surface area contributed by atoms with Crippen LogP contribution < -0.4 is 0 Å². The molecular formula is C18H32F2O2Si. The zero-order valence-corrected chi connectivity index (χ0v) is 15.5. The lowest BCUT2D eigenvalue weighted by Crippen LogP contribution is -2.05. The van der Waals surface area contributed by atoms with Gasteiger partial charge in [0.15, 0.2) is 0 Å². The van der Waals surface area contributed by atoms with Gasteiger partial charge in [-0.1, -0.05) is 76.8 Å². The third-order valence-electron chi connectivity index (χ3n) is 3.70. The minimum atomic E-state index is -2.10. The molecule has 134 valence electrons. The molecule has 2 nitrogen and oxygen atoms in total. The summed E-state index contributed by atoms with van der Waals surface area (Å²) >= 11 is 0. The van der Waals surface area contributed by atoms with Crippen LogP contribution in [0.25, 0.3) is 0 Å². The summed E-state index contributed by atoms with van der Waals surface area (Å²) in [7, 11) is -0.168. The molecular weight excluding hydrogens is 314 g/mol. The number of hydrogen-bond acceptors (Lipinski definition) is 2. The summed E-state index contributed by atoms with van der Waals surface area (Å²) in [5, 5.41) is 0. The van der Waals surface area contributed by atoms with Gasteiger partial charge in [0.2, 0.25) is 6.05 Å². The van der Waals surface area contributed by atoms with E-state index in [1.54, 1.807) is 6.92 Å². The van der Waals surface area contributed by atoms with Crippen molar-refractivity contribution in [1.82, 2.24) is 0 Å². The van der Waals surface area contributed by atoms with Crippen LogP contribution in [0.5, 0.6) is 0 Å². The van der Waals surface area contributed by atoms with Crippen molar-refractivity contribution in [3.05, 3.63) is 12.2 Å². The number of ether oxygens (including phenoxy) is 1. The Morgan fingerprint density at radius 2 is 1.35 bits per heavy atom. The van der Waals surface area contributed by atoms with Crippen molar-refractivity contribution in [2.75, 3.05) is 6.61 Å². The van der Waals surface area contributed by atoms with Crippen LogP contribution in [-0.4, -0.2) is 28.1 Å². The normalized spacial score (nSPS) is 11.0. The fraction of sp³-hybridized carbons (Fsp3) is 0.833. The van der Waals surface area contributed by atoms with Gasteiger partial charge in [-0.15, -0.1) is 0 Å². The van der Waals surface area contributed by atoms with E-state index >= 15 is 0 Å². The van der Waals surface area contributed by atoms with Gasteiger partial charge < -0.3 is 4.74 Å². The average Bonchev–Trinajstić information content (AvgIpc) is 2.50. The fourth-order valence-corrected chi connectivity index (χ4v) is 2.99. The first-order valence-corrected chi connectivity index (χ1v) is 10.2. The molecule has 0 unspecified atom stereocenters. The molecule has 2 radical (unpaired) electrons. The molecule has 0 aromatic carbocycles. The Balaban J connectivity index is 3.08. The Morgan fingerprint density at radius 3 is 1.78 bits per heavy atom. The predicted molar refractivity (Wildman–Crippen MR) is 93.1 cm³/mol. The van der Waals surface area contributed by atoms with Crippen molar-refractivity contribution in [2.24, 2.45) is 0 Å². The monoisotopic (exact) mass is 346 g/mol. The zero-order chi connectivity index (χ0) is 17.3. The molecule has 0 aliphatic rings. The third kappa shape index (κ3) is 17.5. The summed E-state index contributed by atoms with van der Waals surface area (Å²) in [5.41, 5.74) is 0.458. The first-order valence-electron chi connectivity index (χ1n) is 8.88. The van der Waals surface area contributed by atoms with Crippen LogP contribution in [0.1, 0.15) is 77.6 Å². The third-order valence-corrected chi connectivity index (χ3v) is 4.65. The molecule has 0 atom stereocenters. The molecule has 0 heterocycles. The number of alkyl halides is 2. The smallest absolute Gasteiger partial charge is 0.333 e. The molecule has 0 aromatic rings. The van der Waals surface area contributed by atoms with Crippen molar-refractivity contribution in [3.63, 3.8) is 0 Å². The first kappa shape index (κ1) is 22.3. The van der Waals surface area contributed by atoms with Crippen LogP contribution >= 0.6 is 0 Å². The van der Waals surface area contributed by atoms with E-state index < -0.39 is 6.05 Å². The maximum Gasteiger partial charge on any atom is 0.333 e. The van der Waals surface area contributed by atoms with E-state index in [0.29, 0.717) is 18.2 Å². The van der Waals surface area contributed by atoms with Gasteiger partial charge in [0.25, 0.3) is 0 Å². The summed E-state index contributed by atoms with van der Waals surface area (Å²) in [6, 6.07) is -1.41. The summed E-state index contributed by atoms with van der Waals surface area (Å²) in [6.07, 6.45) is 12.7. The number of esters is 1. The number of carbonyl (C=O) groups excluding carboxylic acids is 1. The largest absolute Gasteiger partial charge is 0.462 e. The number of rotatable bonds is 16. The van der Waals surface area contributed by atoms with Crippen molar-refractivity contribution < 1.29 is 18.3 Å². The van der Waals surface area contributed by atoms with Crippen molar-refractivity contribution in [1.29, 1.82) is 0 Å². The van der Waals surface area contributed by atoms with E-state index in [4.69, 9.17) is 4.74 Å². The maximum absolute atomic E-state index is 11.9. The predicted octanol–water partition coefficient (Wildman–Crippen LogP) is 5.74. The molecule has 0 rings (SSSR count). The summed E-state index contributed by atoms with van der Waals surface area (Å²) in [5.74, 6) is -0.292. The van der Waals surface area contributed by atoms with Gasteiger partial charge >= 0.3 is 5.97 Å². The molecule has 0 saturated heterocycles. The Morgan fingerprint density at radius 1 is 0.913 bits per heavy atom. The lowest BCUT2D eigenvalue weighted by molar-refractivity contribution is -0.139. The molecule has 0 fully saturated rings. The molecule has 0 aliphatic heterocycles. The highest BCUT2D eigenvalue weighted by molar-refractivity contribution is 6.36. The van der Waals surface area contributed by atoms with E-state index in [2.05, 4.69) is 6.58 Å². The Bertz CT molecular complexity index is 309. The van der Waals surface area contributed by atoms with Crippen LogP contribution in [0, 0.1) is 0 Å². The van der Waals surface area contributed by atoms with Gasteiger partial charge in [-0.05, 0) is 13.3 Å². The quantitative estimate of drug-likeness (QED) is 0.154. The van der Waals surface area contributed by atoms with Gasteiger partial charge in [-0.2, -0.15) is 0 Å². The van der Waals surface area contributed by atoms with Crippen LogP contribution in [-0.2, 0) is 9.53 Å². The molecule has 5 heteroatoms. The van der Waals surface area contributed by atoms with E-state index in [9.17, 15) is 13.6 Å². The highest BCUT2D eigenvalue weighted by Gasteiger charge is 2.03. The standard InChI is InChI=1S/C18H32F2O2Si/c1-16(2)17(21)22-14-12-10-8-6-4-3-5-7-9-11-13-15-23-18(19)20/h18H,1,3-15H2,2H3. The Hall–Kier alpha value is -0.713. The number of hydrogen-bond donors (Lipinski definition) is 0. The second-order valence-electron chi connectivity index (χ2n) is 6.06. The SMILES string of the molecule is C=C(C)C(=O)OCCCCCCCCCCCCC[Si]C(F)F. The number of unbranched alkanes of at least 4 members (excludes halogenated alkanes) is 10. The molecule has 0 aromatic heterocycles. The van der Waals surface area contributed by atoms with Gasteiger partial charge in [0.05, 0.1) is 6.61 Å². The van der Waals surface area contributed by atoms with Gasteiger partial charge in [-0.25, -0.2) is 13.6 Å². The second kappa shape index (κ2) is 16.2. The molecule has 0 saturated carbocycles. The van der Waals surface area contributed by atoms with Crippen LogP contribution in [0.4, 0.5) is 8.78 Å². The first-order chi connectivity index (χ1) is 11.0. The van der Waals surface area contributed by atoms with Gasteiger partial charge in [0.1, 0.15) is 9.52 Å². The minimum Gasteiger partial charge on any atom is -0.462 e. The zero-order valence-electron chi connectivity index (χ0n) is 14.5. The van der Waals surface area contributed by atoms with E-state index in [0.717, 1.165) is 25.7 Å². The highest BCUT2D eigenvalue weighted by Crippen LogP contribution is 2.12. The van der Waals surface area contributed by atoms with Gasteiger partial charge in [0, 0.05) is 5.57 Å². The molecule has 23 heavy (non-hydrogen) atoms.